The van der Waals surface area contributed by atoms with Crippen molar-refractivity contribution in [3.63, 3.8) is 0 Å². The van der Waals surface area contributed by atoms with E-state index in [4.69, 9.17) is 5.11 Å². The van der Waals surface area contributed by atoms with E-state index in [0.717, 1.165) is 16.5 Å². The van der Waals surface area contributed by atoms with Gasteiger partial charge in [0.25, 0.3) is 0 Å². The van der Waals surface area contributed by atoms with Gasteiger partial charge in [0.15, 0.2) is 0 Å². The van der Waals surface area contributed by atoms with Gasteiger partial charge in [0, 0.05) is 10.4 Å². The Balaban J connectivity index is 2.85. The Morgan fingerprint density at radius 3 is 2.37 bits per heavy atom. The molecule has 1 aromatic carbocycles. The molecule has 19 heavy (non-hydrogen) atoms. The summed E-state index contributed by atoms with van der Waals surface area (Å²) in [7, 11) is 0. The number of carboxylic acids is 1. The fourth-order valence-corrected chi connectivity index (χ4v) is 1.89. The van der Waals surface area contributed by atoms with Crippen molar-refractivity contribution in [1.82, 2.24) is 5.32 Å². The number of nitrogens with one attached hydrogen (secondary N) is 1. The van der Waals surface area contributed by atoms with Crippen molar-refractivity contribution in [2.45, 2.75) is 32.7 Å². The molecule has 0 unspecified atom stereocenters. The summed E-state index contributed by atoms with van der Waals surface area (Å²) in [5, 5.41) is 11.7. The largest absolute Gasteiger partial charge is 0.481 e. The fraction of sp³-hybridized carbons (Fsp3) is 0.429. The second-order valence-electron chi connectivity index (χ2n) is 4.52. The van der Waals surface area contributed by atoms with Crippen LogP contribution in [0.5, 0.6) is 0 Å². The normalized spacial score (nSPS) is 13.6. The van der Waals surface area contributed by atoms with Gasteiger partial charge >= 0.3 is 5.97 Å². The Hall–Kier alpha value is -1.36. The highest BCUT2D eigenvalue weighted by Crippen LogP contribution is 2.20. The van der Waals surface area contributed by atoms with Crippen LogP contribution < -0.4 is 5.32 Å². The Morgan fingerprint density at radius 2 is 1.89 bits per heavy atom. The molecule has 0 bridgehead atoms. The monoisotopic (exact) mass is 327 g/mol. The maximum absolute atomic E-state index is 11.9. The Kier molecular flexibility index (Phi) is 6.02. The van der Waals surface area contributed by atoms with Crippen molar-refractivity contribution < 1.29 is 14.7 Å². The van der Waals surface area contributed by atoms with Gasteiger partial charge in [-0.15, -0.1) is 0 Å². The van der Waals surface area contributed by atoms with Crippen molar-refractivity contribution in [2.24, 2.45) is 5.92 Å². The van der Waals surface area contributed by atoms with Crippen LogP contribution in [0, 0.1) is 5.92 Å². The third-order valence-corrected chi connectivity index (χ3v) is 3.56. The summed E-state index contributed by atoms with van der Waals surface area (Å²) in [5.74, 6) is -1.17. The van der Waals surface area contributed by atoms with Gasteiger partial charge in [-0.3, -0.25) is 9.59 Å². The van der Waals surface area contributed by atoms with Crippen molar-refractivity contribution in [3.05, 3.63) is 34.3 Å². The van der Waals surface area contributed by atoms with E-state index in [2.05, 4.69) is 21.2 Å². The number of rotatable bonds is 6. The van der Waals surface area contributed by atoms with E-state index in [-0.39, 0.29) is 18.2 Å². The van der Waals surface area contributed by atoms with Crippen LogP contribution in [0.15, 0.2) is 28.7 Å². The van der Waals surface area contributed by atoms with E-state index in [1.54, 1.807) is 0 Å². The lowest BCUT2D eigenvalue weighted by Crippen LogP contribution is -2.33. The molecule has 1 aromatic rings. The number of carbonyl (C=O) groups is 2. The number of carbonyl (C=O) groups excluding carboxylic acids is 1. The molecule has 0 aliphatic heterocycles. The molecule has 0 aliphatic rings. The molecule has 1 amide bonds. The summed E-state index contributed by atoms with van der Waals surface area (Å²) < 4.78 is 0.915. The van der Waals surface area contributed by atoms with Crippen LogP contribution in [0.3, 0.4) is 0 Å². The van der Waals surface area contributed by atoms with Crippen LogP contribution in [-0.4, -0.2) is 17.0 Å². The van der Waals surface area contributed by atoms with Crippen LogP contribution in [0.4, 0.5) is 0 Å². The number of halogens is 1. The molecule has 0 aliphatic carbocycles. The predicted octanol–water partition coefficient (Wildman–Crippen LogP) is 3.13. The Morgan fingerprint density at radius 1 is 1.32 bits per heavy atom. The zero-order valence-corrected chi connectivity index (χ0v) is 12.6. The number of amides is 1. The minimum atomic E-state index is -0.933. The standard InChI is InChI=1S/C14H18BrNO3/c1-3-9(2)14(19)16-12(8-13(17)18)10-4-6-11(15)7-5-10/h4-7,9,12H,3,8H2,1-2H3,(H,16,19)(H,17,18)/t9-,12+/m1/s1. The maximum Gasteiger partial charge on any atom is 0.305 e. The molecule has 2 N–H and O–H groups in total. The Bertz CT molecular complexity index is 445. The number of hydrogen-bond donors (Lipinski definition) is 2. The van der Waals surface area contributed by atoms with E-state index >= 15 is 0 Å². The van der Waals surface area contributed by atoms with Gasteiger partial charge in [-0.25, -0.2) is 0 Å². The molecule has 5 heteroatoms. The van der Waals surface area contributed by atoms with Gasteiger partial charge in [0.05, 0.1) is 12.5 Å². The maximum atomic E-state index is 11.9. The molecule has 1 rings (SSSR count). The summed E-state index contributed by atoms with van der Waals surface area (Å²) in [4.78, 5) is 22.8. The first-order valence-electron chi connectivity index (χ1n) is 6.21. The molecule has 0 radical (unpaired) electrons. The fourth-order valence-electron chi connectivity index (χ4n) is 1.62. The average Bonchev–Trinajstić information content (AvgIpc) is 2.37. The third kappa shape index (κ3) is 5.03. The third-order valence-electron chi connectivity index (χ3n) is 3.03. The summed E-state index contributed by atoms with van der Waals surface area (Å²) >= 11 is 3.33. The van der Waals surface area contributed by atoms with Gasteiger partial charge in [-0.2, -0.15) is 0 Å². The van der Waals surface area contributed by atoms with Gasteiger partial charge in [0.1, 0.15) is 0 Å². The first-order valence-corrected chi connectivity index (χ1v) is 7.01. The number of carboxylic acid groups (broad SMARTS) is 1. The van der Waals surface area contributed by atoms with Crippen LogP contribution in [0.2, 0.25) is 0 Å². The van der Waals surface area contributed by atoms with E-state index in [1.165, 1.54) is 0 Å². The van der Waals surface area contributed by atoms with Gasteiger partial charge in [0.2, 0.25) is 5.91 Å². The molecular weight excluding hydrogens is 310 g/mol. The number of benzene rings is 1. The zero-order valence-electron chi connectivity index (χ0n) is 11.0. The zero-order chi connectivity index (χ0) is 14.4. The quantitative estimate of drug-likeness (QED) is 0.843. The van der Waals surface area contributed by atoms with E-state index in [1.807, 2.05) is 38.1 Å². The number of aliphatic carboxylic acids is 1. The SMILES string of the molecule is CC[C@@H](C)C(=O)N[C@@H](CC(=O)O)c1ccc(Br)cc1. The summed E-state index contributed by atoms with van der Waals surface area (Å²) in [6.07, 6.45) is 0.607. The smallest absolute Gasteiger partial charge is 0.305 e. The molecule has 104 valence electrons. The van der Waals surface area contributed by atoms with E-state index in [9.17, 15) is 9.59 Å². The molecule has 0 saturated carbocycles. The van der Waals surface area contributed by atoms with Gasteiger partial charge < -0.3 is 10.4 Å². The highest BCUT2D eigenvalue weighted by molar-refractivity contribution is 9.10. The topological polar surface area (TPSA) is 66.4 Å². The predicted molar refractivity (Wildman–Crippen MR) is 76.7 cm³/mol. The summed E-state index contributed by atoms with van der Waals surface area (Å²) in [6, 6.07) is 6.80. The molecule has 2 atom stereocenters. The van der Waals surface area contributed by atoms with Crippen LogP contribution >= 0.6 is 15.9 Å². The summed E-state index contributed by atoms with van der Waals surface area (Å²) in [5.41, 5.74) is 0.794. The van der Waals surface area contributed by atoms with Crippen molar-refractivity contribution in [1.29, 1.82) is 0 Å². The Labute approximate surface area is 121 Å². The molecule has 4 nitrogen and oxygen atoms in total. The van der Waals surface area contributed by atoms with Gasteiger partial charge in [-0.1, -0.05) is 41.9 Å². The molecule has 0 spiro atoms. The van der Waals surface area contributed by atoms with Gasteiger partial charge in [-0.05, 0) is 24.1 Å². The number of hydrogen-bond acceptors (Lipinski definition) is 2. The van der Waals surface area contributed by atoms with E-state index < -0.39 is 12.0 Å². The molecule has 0 saturated heterocycles. The molecule has 0 aromatic heterocycles. The lowest BCUT2D eigenvalue weighted by Gasteiger charge is -2.19. The van der Waals surface area contributed by atoms with Crippen molar-refractivity contribution in [2.75, 3.05) is 0 Å². The van der Waals surface area contributed by atoms with Crippen molar-refractivity contribution in [3.8, 4) is 0 Å². The lowest BCUT2D eigenvalue weighted by atomic mass is 10.0. The molecule has 0 heterocycles. The minimum Gasteiger partial charge on any atom is -0.481 e. The minimum absolute atomic E-state index is 0.114. The molecule has 0 fully saturated rings. The highest BCUT2D eigenvalue weighted by atomic mass is 79.9. The average molecular weight is 328 g/mol. The van der Waals surface area contributed by atoms with E-state index in [0.29, 0.717) is 0 Å². The second-order valence-corrected chi connectivity index (χ2v) is 5.44. The molecular formula is C14H18BrNO3. The highest BCUT2D eigenvalue weighted by Gasteiger charge is 2.20. The van der Waals surface area contributed by atoms with Crippen LogP contribution in [0.25, 0.3) is 0 Å². The summed E-state index contributed by atoms with van der Waals surface area (Å²) in [6.45, 7) is 3.75. The first kappa shape index (κ1) is 15.7. The lowest BCUT2D eigenvalue weighted by molar-refractivity contribution is -0.137. The van der Waals surface area contributed by atoms with Crippen LogP contribution in [0.1, 0.15) is 38.3 Å². The first-order chi connectivity index (χ1) is 8.93. The second kappa shape index (κ2) is 7.28. The van der Waals surface area contributed by atoms with Crippen molar-refractivity contribution >= 4 is 27.8 Å². The van der Waals surface area contributed by atoms with Crippen LogP contribution in [-0.2, 0) is 9.59 Å².